The maximum absolute atomic E-state index is 12.7. The molecule has 0 bridgehead atoms. The molecular formula is C20H19N5O. The first-order valence-corrected chi connectivity index (χ1v) is 8.77. The van der Waals surface area contributed by atoms with Crippen LogP contribution in [0.2, 0.25) is 0 Å². The Morgan fingerprint density at radius 2 is 1.96 bits per heavy atom. The average molecular weight is 345 g/mol. The monoisotopic (exact) mass is 345 g/mol. The Hall–Kier alpha value is -3.15. The lowest BCUT2D eigenvalue weighted by Gasteiger charge is -2.39. The van der Waals surface area contributed by atoms with E-state index in [1.807, 2.05) is 18.2 Å². The number of nitrogens with zero attached hydrogens (tertiary/aromatic N) is 3. The number of amidine groups is 1. The molecule has 1 atom stereocenters. The van der Waals surface area contributed by atoms with Crippen LogP contribution >= 0.6 is 0 Å². The van der Waals surface area contributed by atoms with E-state index in [2.05, 4.69) is 47.2 Å². The lowest BCUT2D eigenvalue weighted by molar-refractivity contribution is -0.126. The summed E-state index contributed by atoms with van der Waals surface area (Å²) in [4.78, 5) is 27.6. The lowest BCUT2D eigenvalue weighted by Crippen LogP contribution is -2.54. The first-order chi connectivity index (χ1) is 12.6. The van der Waals surface area contributed by atoms with Gasteiger partial charge in [-0.1, -0.05) is 18.2 Å². The number of amides is 1. The summed E-state index contributed by atoms with van der Waals surface area (Å²) in [5.41, 5.74) is 6.34. The molecule has 2 N–H and O–H groups in total. The van der Waals surface area contributed by atoms with Crippen molar-refractivity contribution in [2.75, 3.05) is 6.54 Å². The number of H-pyrrole nitrogens is 1. The van der Waals surface area contributed by atoms with Crippen LogP contribution in [0.15, 0.2) is 41.4 Å². The van der Waals surface area contributed by atoms with Crippen LogP contribution in [-0.4, -0.2) is 33.2 Å². The van der Waals surface area contributed by atoms with E-state index in [4.69, 9.17) is 9.98 Å². The molecule has 2 aliphatic rings. The molecule has 0 radical (unpaired) electrons. The van der Waals surface area contributed by atoms with Gasteiger partial charge in [-0.3, -0.25) is 4.79 Å². The molecule has 3 aromatic rings. The summed E-state index contributed by atoms with van der Waals surface area (Å²) in [6, 6.07) is 11.7. The van der Waals surface area contributed by atoms with Gasteiger partial charge in [-0.25, -0.2) is 9.98 Å². The molecule has 130 valence electrons. The number of para-hydroxylation sites is 1. The van der Waals surface area contributed by atoms with Crippen molar-refractivity contribution in [1.29, 1.82) is 0 Å². The molecule has 1 fully saturated rings. The normalized spacial score (nSPS) is 19.0. The first-order valence-electron chi connectivity index (χ1n) is 8.77. The fourth-order valence-electron chi connectivity index (χ4n) is 3.71. The summed E-state index contributed by atoms with van der Waals surface area (Å²) in [5, 5.41) is 2.96. The van der Waals surface area contributed by atoms with Gasteiger partial charge in [-0.15, -0.1) is 0 Å². The number of hydrogen-bond donors (Lipinski definition) is 2. The highest BCUT2D eigenvalue weighted by Crippen LogP contribution is 2.33. The lowest BCUT2D eigenvalue weighted by atomic mass is 10.1. The minimum absolute atomic E-state index is 0.0455. The number of aromatic nitrogens is 2. The molecule has 1 amide bonds. The van der Waals surface area contributed by atoms with Crippen LogP contribution < -0.4 is 5.32 Å². The molecule has 1 unspecified atom stereocenters. The van der Waals surface area contributed by atoms with Gasteiger partial charge in [0.15, 0.2) is 6.04 Å². The van der Waals surface area contributed by atoms with Gasteiger partial charge in [-0.2, -0.15) is 0 Å². The number of piperazine rings is 1. The number of aliphatic imine (C=N–C) groups is 1. The van der Waals surface area contributed by atoms with E-state index in [-0.39, 0.29) is 5.91 Å². The maximum Gasteiger partial charge on any atom is 0.251 e. The summed E-state index contributed by atoms with van der Waals surface area (Å²) in [5.74, 6) is 1.49. The summed E-state index contributed by atoms with van der Waals surface area (Å²) >= 11 is 0. The Morgan fingerprint density at radius 3 is 2.85 bits per heavy atom. The van der Waals surface area contributed by atoms with Gasteiger partial charge in [0.05, 0.1) is 23.3 Å². The second kappa shape index (κ2) is 5.42. The Morgan fingerprint density at radius 1 is 1.15 bits per heavy atom. The van der Waals surface area contributed by atoms with Crippen LogP contribution in [0.5, 0.6) is 0 Å². The molecule has 5 rings (SSSR count). The second-order valence-corrected chi connectivity index (χ2v) is 6.98. The molecule has 1 aromatic heterocycles. The van der Waals surface area contributed by atoms with Gasteiger partial charge in [-0.05, 0) is 48.7 Å². The van der Waals surface area contributed by atoms with Crippen molar-refractivity contribution in [3.63, 3.8) is 0 Å². The molecule has 2 aromatic carbocycles. The van der Waals surface area contributed by atoms with Crippen LogP contribution in [0.1, 0.15) is 28.6 Å². The van der Waals surface area contributed by atoms with Crippen LogP contribution in [0.25, 0.3) is 11.0 Å². The SMILES string of the molecule is Cc1cc2nc(C3C(=O)NCC4=Nc5ccccc5CN43)[nH]c2cc1C. The first kappa shape index (κ1) is 15.1. The predicted molar refractivity (Wildman–Crippen MR) is 100 cm³/mol. The van der Waals surface area contributed by atoms with Crippen LogP contribution in [0.3, 0.4) is 0 Å². The third kappa shape index (κ3) is 2.22. The zero-order valence-corrected chi connectivity index (χ0v) is 14.7. The fourth-order valence-corrected chi connectivity index (χ4v) is 3.71. The van der Waals surface area contributed by atoms with Crippen molar-refractivity contribution >= 4 is 28.5 Å². The minimum Gasteiger partial charge on any atom is -0.347 e. The molecule has 3 heterocycles. The van der Waals surface area contributed by atoms with Crippen molar-refractivity contribution in [3.05, 3.63) is 58.9 Å². The third-order valence-electron chi connectivity index (χ3n) is 5.27. The number of carbonyl (C=O) groups excluding carboxylic acids is 1. The Balaban J connectivity index is 1.61. The largest absolute Gasteiger partial charge is 0.347 e. The Bertz CT molecular complexity index is 1040. The summed E-state index contributed by atoms with van der Waals surface area (Å²) < 4.78 is 0. The van der Waals surface area contributed by atoms with E-state index in [1.54, 1.807) is 0 Å². The summed E-state index contributed by atoms with van der Waals surface area (Å²) in [6.45, 7) is 5.25. The summed E-state index contributed by atoms with van der Waals surface area (Å²) in [7, 11) is 0. The third-order valence-corrected chi connectivity index (χ3v) is 5.27. The molecule has 0 spiro atoms. The van der Waals surface area contributed by atoms with E-state index in [0.717, 1.165) is 28.1 Å². The number of aryl methyl sites for hydroxylation is 2. The van der Waals surface area contributed by atoms with Crippen LogP contribution in [0, 0.1) is 13.8 Å². The number of fused-ring (bicyclic) bond motifs is 3. The van der Waals surface area contributed by atoms with Gasteiger partial charge in [0.2, 0.25) is 0 Å². The van der Waals surface area contributed by atoms with E-state index < -0.39 is 6.04 Å². The standard InChI is InChI=1S/C20H19N5O/c1-11-7-15-16(8-12(11)2)24-19(23-15)18-20(26)21-9-17-22-14-6-4-3-5-13(14)10-25(17)18/h3-8,18H,9-10H2,1-2H3,(H,21,26)(H,23,24). The van der Waals surface area contributed by atoms with Crippen LogP contribution in [-0.2, 0) is 11.3 Å². The second-order valence-electron chi connectivity index (χ2n) is 6.98. The van der Waals surface area contributed by atoms with E-state index in [9.17, 15) is 4.79 Å². The van der Waals surface area contributed by atoms with Gasteiger partial charge < -0.3 is 15.2 Å². The van der Waals surface area contributed by atoms with Gasteiger partial charge in [0.25, 0.3) is 5.91 Å². The number of hydrogen-bond acceptors (Lipinski definition) is 4. The number of aromatic amines is 1. The number of benzene rings is 2. The molecule has 0 saturated carbocycles. The van der Waals surface area contributed by atoms with Gasteiger partial charge >= 0.3 is 0 Å². The molecule has 1 saturated heterocycles. The minimum atomic E-state index is -0.496. The zero-order valence-electron chi connectivity index (χ0n) is 14.7. The molecule has 26 heavy (non-hydrogen) atoms. The van der Waals surface area contributed by atoms with Crippen molar-refractivity contribution in [2.24, 2.45) is 4.99 Å². The number of carbonyl (C=O) groups is 1. The summed E-state index contributed by atoms with van der Waals surface area (Å²) in [6.07, 6.45) is 0. The highest BCUT2D eigenvalue weighted by atomic mass is 16.2. The van der Waals surface area contributed by atoms with Crippen LogP contribution in [0.4, 0.5) is 5.69 Å². The van der Waals surface area contributed by atoms with Gasteiger partial charge in [0, 0.05) is 6.54 Å². The Labute approximate surface area is 151 Å². The maximum atomic E-state index is 12.7. The van der Waals surface area contributed by atoms with E-state index >= 15 is 0 Å². The highest BCUT2D eigenvalue weighted by molar-refractivity contribution is 5.99. The van der Waals surface area contributed by atoms with Gasteiger partial charge in [0.1, 0.15) is 11.7 Å². The zero-order chi connectivity index (χ0) is 17.8. The molecule has 6 heteroatoms. The molecule has 2 aliphatic heterocycles. The average Bonchev–Trinajstić information content (AvgIpc) is 3.02. The quantitative estimate of drug-likeness (QED) is 0.712. The predicted octanol–water partition coefficient (Wildman–Crippen LogP) is 2.90. The fraction of sp³-hybridized carbons (Fsp3) is 0.250. The van der Waals surface area contributed by atoms with Crippen molar-refractivity contribution < 1.29 is 4.79 Å². The van der Waals surface area contributed by atoms with E-state index in [1.165, 1.54) is 11.1 Å². The van der Waals surface area contributed by atoms with Crippen molar-refractivity contribution in [2.45, 2.75) is 26.4 Å². The number of imidazole rings is 1. The molecule has 0 aliphatic carbocycles. The molecule has 6 nitrogen and oxygen atoms in total. The van der Waals surface area contributed by atoms with Crippen molar-refractivity contribution in [3.8, 4) is 0 Å². The van der Waals surface area contributed by atoms with Crippen molar-refractivity contribution in [1.82, 2.24) is 20.2 Å². The highest BCUT2D eigenvalue weighted by Gasteiger charge is 2.38. The topological polar surface area (TPSA) is 73.4 Å². The smallest absolute Gasteiger partial charge is 0.251 e. The van der Waals surface area contributed by atoms with E-state index in [0.29, 0.717) is 18.9 Å². The number of rotatable bonds is 1. The molecular weight excluding hydrogens is 326 g/mol. The Kier molecular flexibility index (Phi) is 3.16. The number of nitrogens with one attached hydrogen (secondary N) is 2.